The fourth-order valence-electron chi connectivity index (χ4n) is 1.60. The maximum absolute atomic E-state index is 9.91. The summed E-state index contributed by atoms with van der Waals surface area (Å²) in [7, 11) is 0. The van der Waals surface area contributed by atoms with Gasteiger partial charge in [0, 0.05) is 11.6 Å². The maximum atomic E-state index is 9.91. The smallest absolute Gasteiger partial charge is 0.139 e. The number of halogens is 1. The Bertz CT molecular complexity index is 343. The molecule has 0 saturated carbocycles. The van der Waals surface area contributed by atoms with Crippen molar-refractivity contribution in [1.82, 2.24) is 0 Å². The topological polar surface area (TPSA) is 55.5 Å². The van der Waals surface area contributed by atoms with E-state index in [4.69, 9.17) is 10.5 Å². The van der Waals surface area contributed by atoms with Crippen molar-refractivity contribution >= 4 is 15.9 Å². The monoisotopic (exact) mass is 257 g/mol. The van der Waals surface area contributed by atoms with Gasteiger partial charge >= 0.3 is 0 Å². The second-order valence-electron chi connectivity index (χ2n) is 3.40. The van der Waals surface area contributed by atoms with Gasteiger partial charge in [-0.1, -0.05) is 12.1 Å². The minimum absolute atomic E-state index is 0.245. The summed E-state index contributed by atoms with van der Waals surface area (Å²) in [6, 6.07) is 5.36. The molecule has 14 heavy (non-hydrogen) atoms. The van der Waals surface area contributed by atoms with Crippen LogP contribution in [0.25, 0.3) is 0 Å². The van der Waals surface area contributed by atoms with Crippen molar-refractivity contribution in [2.45, 2.75) is 18.6 Å². The average Bonchev–Trinajstić information content (AvgIpc) is 2.31. The van der Waals surface area contributed by atoms with Gasteiger partial charge in [0.1, 0.15) is 5.75 Å². The minimum Gasteiger partial charge on any atom is -0.492 e. The van der Waals surface area contributed by atoms with E-state index in [1.807, 2.05) is 18.2 Å². The van der Waals surface area contributed by atoms with E-state index in [1.54, 1.807) is 0 Å². The number of ether oxygens (including phenoxy) is 1. The summed E-state index contributed by atoms with van der Waals surface area (Å²) in [6.07, 6.45) is 0.0347. The van der Waals surface area contributed by atoms with E-state index in [1.165, 1.54) is 0 Å². The second-order valence-corrected chi connectivity index (χ2v) is 4.26. The first-order chi connectivity index (χ1) is 6.70. The summed E-state index contributed by atoms with van der Waals surface area (Å²) in [5.41, 5.74) is 6.57. The van der Waals surface area contributed by atoms with E-state index in [9.17, 15) is 5.11 Å². The molecule has 1 aromatic rings. The van der Waals surface area contributed by atoms with Crippen LogP contribution < -0.4 is 10.5 Å². The van der Waals surface area contributed by atoms with Crippen LogP contribution >= 0.6 is 15.9 Å². The Morgan fingerprint density at radius 1 is 1.50 bits per heavy atom. The van der Waals surface area contributed by atoms with Crippen molar-refractivity contribution in [2.24, 2.45) is 5.73 Å². The molecule has 1 heterocycles. The highest BCUT2D eigenvalue weighted by molar-refractivity contribution is 9.10. The molecule has 3 N–H and O–H groups in total. The number of aliphatic hydroxyl groups is 1. The fourth-order valence-corrected chi connectivity index (χ4v) is 2.09. The van der Waals surface area contributed by atoms with Crippen molar-refractivity contribution in [3.05, 3.63) is 28.2 Å². The minimum atomic E-state index is -0.634. The molecule has 0 fully saturated rings. The van der Waals surface area contributed by atoms with Crippen molar-refractivity contribution in [2.75, 3.05) is 6.61 Å². The molecule has 0 aliphatic carbocycles. The Morgan fingerprint density at radius 3 is 3.07 bits per heavy atom. The van der Waals surface area contributed by atoms with Crippen LogP contribution in [0.1, 0.15) is 18.1 Å². The van der Waals surface area contributed by atoms with Crippen molar-refractivity contribution in [3.8, 4) is 5.75 Å². The molecule has 1 aliphatic rings. The quantitative estimate of drug-likeness (QED) is 0.743. The van der Waals surface area contributed by atoms with Gasteiger partial charge in [0.05, 0.1) is 17.2 Å². The lowest BCUT2D eigenvalue weighted by Crippen LogP contribution is -2.28. The Hall–Kier alpha value is -0.580. The number of rotatable bonds is 0. The van der Waals surface area contributed by atoms with E-state index < -0.39 is 6.10 Å². The Labute approximate surface area is 91.0 Å². The lowest BCUT2D eigenvalue weighted by atomic mass is 10.0. The summed E-state index contributed by atoms with van der Waals surface area (Å²) in [4.78, 5) is 0. The number of benzene rings is 1. The zero-order valence-electron chi connectivity index (χ0n) is 7.61. The first-order valence-electron chi connectivity index (χ1n) is 4.55. The van der Waals surface area contributed by atoms with Crippen LogP contribution in [-0.4, -0.2) is 17.8 Å². The molecule has 3 nitrogen and oxygen atoms in total. The molecule has 76 valence electrons. The van der Waals surface area contributed by atoms with E-state index in [2.05, 4.69) is 15.9 Å². The normalized spacial score (nSPS) is 26.2. The Kier molecular flexibility index (Phi) is 2.76. The number of aliphatic hydroxyl groups excluding tert-OH is 1. The van der Waals surface area contributed by atoms with E-state index >= 15 is 0 Å². The van der Waals surface area contributed by atoms with Gasteiger partial charge in [-0.25, -0.2) is 0 Å². The third-order valence-electron chi connectivity index (χ3n) is 2.42. The molecule has 0 radical (unpaired) electrons. The predicted molar refractivity (Wildman–Crippen MR) is 57.2 cm³/mol. The van der Waals surface area contributed by atoms with Crippen molar-refractivity contribution < 1.29 is 9.84 Å². The molecule has 0 amide bonds. The predicted octanol–water partition coefficient (Wildman–Crippen LogP) is 1.59. The lowest BCUT2D eigenvalue weighted by molar-refractivity contribution is 0.145. The summed E-state index contributed by atoms with van der Waals surface area (Å²) < 4.78 is 6.40. The van der Waals surface area contributed by atoms with E-state index in [0.717, 1.165) is 10.0 Å². The lowest BCUT2D eigenvalue weighted by Gasteiger charge is -2.16. The first-order valence-corrected chi connectivity index (χ1v) is 5.34. The summed E-state index contributed by atoms with van der Waals surface area (Å²) in [5.74, 6) is 0.716. The number of hydrogen-bond acceptors (Lipinski definition) is 3. The van der Waals surface area contributed by atoms with E-state index in [0.29, 0.717) is 18.8 Å². The molecule has 0 saturated heterocycles. The van der Waals surface area contributed by atoms with E-state index in [-0.39, 0.29) is 6.04 Å². The van der Waals surface area contributed by atoms with Gasteiger partial charge in [-0.05, 0) is 28.4 Å². The third-order valence-corrected chi connectivity index (χ3v) is 3.04. The van der Waals surface area contributed by atoms with Crippen molar-refractivity contribution in [3.63, 3.8) is 0 Å². The Balaban J connectivity index is 2.48. The fraction of sp³-hybridized carbons (Fsp3) is 0.400. The highest BCUT2D eigenvalue weighted by Crippen LogP contribution is 2.36. The summed E-state index contributed by atoms with van der Waals surface area (Å²) >= 11 is 3.39. The molecule has 0 aromatic heterocycles. The van der Waals surface area contributed by atoms with Crippen LogP contribution in [0.4, 0.5) is 0 Å². The highest BCUT2D eigenvalue weighted by Gasteiger charge is 2.25. The van der Waals surface area contributed by atoms with Crippen LogP contribution in [0.5, 0.6) is 5.75 Å². The second kappa shape index (κ2) is 3.88. The highest BCUT2D eigenvalue weighted by atomic mass is 79.9. The van der Waals surface area contributed by atoms with Gasteiger partial charge in [-0.3, -0.25) is 0 Å². The molecular weight excluding hydrogens is 246 g/mol. The zero-order chi connectivity index (χ0) is 10.1. The zero-order valence-corrected chi connectivity index (χ0v) is 9.20. The van der Waals surface area contributed by atoms with Crippen LogP contribution in [0, 0.1) is 0 Å². The number of nitrogens with two attached hydrogens (primary N) is 1. The number of para-hydroxylation sites is 1. The van der Waals surface area contributed by atoms with Crippen LogP contribution in [-0.2, 0) is 0 Å². The molecule has 1 aliphatic heterocycles. The summed E-state index contributed by atoms with van der Waals surface area (Å²) in [5, 5.41) is 9.91. The van der Waals surface area contributed by atoms with Gasteiger partial charge in [0.2, 0.25) is 0 Å². The van der Waals surface area contributed by atoms with Crippen LogP contribution in [0.3, 0.4) is 0 Å². The van der Waals surface area contributed by atoms with Crippen LogP contribution in [0.15, 0.2) is 22.7 Å². The molecule has 4 heteroatoms. The van der Waals surface area contributed by atoms with Gasteiger partial charge in [-0.2, -0.15) is 0 Å². The third kappa shape index (κ3) is 1.65. The SMILES string of the molecule is N[C@H]1CCOc2c(Br)cccc2[C@@H]1O. The molecule has 0 unspecified atom stereocenters. The molecule has 0 bridgehead atoms. The number of hydrogen-bond donors (Lipinski definition) is 2. The average molecular weight is 258 g/mol. The van der Waals surface area contributed by atoms with Crippen LogP contribution in [0.2, 0.25) is 0 Å². The molecule has 1 aromatic carbocycles. The standard InChI is InChI=1S/C10H12BrNO2/c11-7-3-1-2-6-9(13)8(12)4-5-14-10(6)7/h1-3,8-9,13H,4-5,12H2/t8-,9-/m0/s1. The molecule has 2 rings (SSSR count). The molecule has 2 atom stereocenters. The number of fused-ring (bicyclic) bond motifs is 1. The molecule has 0 spiro atoms. The van der Waals surface area contributed by atoms with Gasteiger partial charge in [0.25, 0.3) is 0 Å². The maximum Gasteiger partial charge on any atom is 0.139 e. The first kappa shape index (κ1) is 9.96. The molecular formula is C10H12BrNO2. The largest absolute Gasteiger partial charge is 0.492 e. The van der Waals surface area contributed by atoms with Gasteiger partial charge in [0.15, 0.2) is 0 Å². The summed E-state index contributed by atoms with van der Waals surface area (Å²) in [6.45, 7) is 0.549. The Morgan fingerprint density at radius 2 is 2.29 bits per heavy atom. The van der Waals surface area contributed by atoms with Crippen molar-refractivity contribution in [1.29, 1.82) is 0 Å². The van der Waals surface area contributed by atoms with Gasteiger partial charge < -0.3 is 15.6 Å². The van der Waals surface area contributed by atoms with Gasteiger partial charge in [-0.15, -0.1) is 0 Å².